The Bertz CT molecular complexity index is 3920. The molecule has 3 aliphatic rings. The van der Waals surface area contributed by atoms with E-state index in [0.717, 1.165) is 33.5 Å². The van der Waals surface area contributed by atoms with Crippen molar-refractivity contribution in [3.8, 4) is 0 Å². The van der Waals surface area contributed by atoms with Gasteiger partial charge in [-0.2, -0.15) is 21.3 Å². The van der Waals surface area contributed by atoms with Crippen molar-refractivity contribution in [1.29, 1.82) is 0 Å². The summed E-state index contributed by atoms with van der Waals surface area (Å²) in [5.74, 6) is -2.89. The molecule has 0 radical (unpaired) electrons. The van der Waals surface area contributed by atoms with Crippen LogP contribution < -0.4 is 21.1 Å². The first-order valence-corrected chi connectivity index (χ1v) is 66.0. The number of hydrogen-bond donors (Lipinski definition) is 9. The number of hydrogen-bond acceptors (Lipinski definition) is 26. The van der Waals surface area contributed by atoms with Crippen LogP contribution in [0, 0.1) is 44.4 Å². The molecule has 11 N–H and O–H groups in total. The Labute approximate surface area is 856 Å². The summed E-state index contributed by atoms with van der Waals surface area (Å²) in [7, 11) is -3.74. The van der Waals surface area contributed by atoms with Crippen molar-refractivity contribution in [2.45, 2.75) is 326 Å². The van der Waals surface area contributed by atoms with Gasteiger partial charge in [-0.25, -0.2) is 26.6 Å². The number of nitrogens with zero attached hydrogens (tertiary/aromatic N) is 4. The summed E-state index contributed by atoms with van der Waals surface area (Å²) in [5.41, 5.74) is 4.00. The molecule has 1 aromatic heterocycles. The number of nitrogens with one attached hydrogen (secondary N) is 1. The summed E-state index contributed by atoms with van der Waals surface area (Å²) < 4.78 is 53.6. The zero-order valence-corrected chi connectivity index (χ0v) is 96.6. The van der Waals surface area contributed by atoms with E-state index in [2.05, 4.69) is 160 Å². The molecular formula is C89H150I6N7O25SV2-2. The maximum absolute atomic E-state index is 12.3. The van der Waals surface area contributed by atoms with Gasteiger partial charge in [0.05, 0.1) is 90.4 Å². The number of pyridine rings is 1. The van der Waals surface area contributed by atoms with E-state index in [-0.39, 0.29) is 63.1 Å². The molecule has 0 bridgehead atoms. The number of rotatable bonds is 22. The summed E-state index contributed by atoms with van der Waals surface area (Å²) in [6, 6.07) is 32.9. The van der Waals surface area contributed by atoms with Gasteiger partial charge in [-0.1, -0.05) is 159 Å². The summed E-state index contributed by atoms with van der Waals surface area (Å²) >= 11 is 14.5. The molecule has 0 aliphatic carbocycles. The number of aromatic nitrogens is 1. The van der Waals surface area contributed by atoms with E-state index in [1.807, 2.05) is 139 Å². The number of halogens is 6. The fourth-order valence-corrected chi connectivity index (χ4v) is 10.4. The van der Waals surface area contributed by atoms with Gasteiger partial charge in [-0.05, 0) is 182 Å². The molecule has 3 aromatic carbocycles. The molecule has 7 rings (SSSR count). The Morgan fingerprint density at radius 3 is 1.13 bits per heavy atom. The predicted molar refractivity (Wildman–Crippen MR) is 548 cm³/mol. The number of carboxylic acids is 1. The number of amides is 4. The molecule has 32 nitrogen and oxygen atoms in total. The van der Waals surface area contributed by atoms with Crippen LogP contribution in [0.15, 0.2) is 115 Å². The van der Waals surface area contributed by atoms with E-state index in [9.17, 15) is 71.5 Å². The molecule has 4 amide bonds. The summed E-state index contributed by atoms with van der Waals surface area (Å²) in [6.07, 6.45) is 4.03. The van der Waals surface area contributed by atoms with E-state index in [1.165, 1.54) is 51.4 Å². The molecule has 4 aromatic rings. The molecule has 0 spiro atoms. The number of aryl methyl sites for hydroxylation is 1. The summed E-state index contributed by atoms with van der Waals surface area (Å²) in [6.45, 7) is 57.3. The van der Waals surface area contributed by atoms with E-state index >= 15 is 0 Å². The van der Waals surface area contributed by atoms with Crippen LogP contribution >= 0.6 is 122 Å². The van der Waals surface area contributed by atoms with Gasteiger partial charge in [0.15, 0.2) is 11.9 Å². The van der Waals surface area contributed by atoms with Gasteiger partial charge >= 0.3 is 154 Å². The number of alkyl halides is 1. The van der Waals surface area contributed by atoms with Crippen LogP contribution in [-0.4, -0.2) is 179 Å². The molecule has 3 saturated heterocycles. The van der Waals surface area contributed by atoms with E-state index in [4.69, 9.17) is 55.7 Å². The average molecular weight is 2610 g/mol. The Morgan fingerprint density at radius 2 is 0.877 bits per heavy atom. The molecule has 6 atom stereocenters. The Balaban J connectivity index is -0.000000266. The SMILES string of the molecule is C.CC(C)(C)OC(=O)C[C@@H]1C(=O)N(O)C1(C)C.CC(C)(C)OC(=O)C[C@@H]1C(=O)N(OCc2ccccc2)C1(C)C.CC(C)(C)OC(=O)C[C@H](C(=O)NOCc1ccccc1)C(C)(C)O.CC(C)(C)OC(=O)C[C@H](C(=O)O)C(C)(C)O.CC1(C)[C@H](N)C(=O)N1O.CCC(C)I.CCO.Cc1cccc[n+]1S(=O)(=O)[O-].NOCc1ccccc1.[CH2-]CC.[CH2-]CC.[I][V]([I])[I].[I][V][I]. The Morgan fingerprint density at radius 1 is 0.577 bits per heavy atom. The van der Waals surface area contributed by atoms with Gasteiger partial charge in [-0.15, -0.1) is 0 Å². The normalized spacial score (nSPS) is 16.0. The molecule has 1 unspecified atom stereocenters. The zero-order valence-electron chi connectivity index (χ0n) is 80.1. The number of carbonyl (C=O) groups is 9. The molecule has 3 fully saturated rings. The van der Waals surface area contributed by atoms with Crippen LogP contribution in [0.2, 0.25) is 0 Å². The molecule has 41 heteroatoms. The van der Waals surface area contributed by atoms with Crippen molar-refractivity contribution >= 4 is 186 Å². The summed E-state index contributed by atoms with van der Waals surface area (Å²) in [5, 5.41) is 57.1. The first-order chi connectivity index (χ1) is 58.7. The number of hydroxylamine groups is 7. The minimum atomic E-state index is -4.37. The Kier molecular flexibility index (Phi) is 75.3. The number of aliphatic hydroxyl groups excluding tert-OH is 1. The van der Waals surface area contributed by atoms with Gasteiger partial charge in [0.25, 0.3) is 17.7 Å². The standard InChI is InChI=1S/C18H27NO5.C18H25NO4.C11H19NO4.C11H20O5.C7H9NO.C6H7NO3S.C5H10N2O2.C4H9I.2C3H7.C2H6O.CH4.5HI.2V/c1-17(2,3)24-15(20)11-14(18(4,5)22)16(21)19-23-12-13-9-7-6-8-10-13;1-17(2,3)23-15(20)11-14-16(21)19(18(14,4)5)22-12-13-9-7-6-8-10-13;1-10(2,3)16-8(13)6-7-9(14)12(15)11(7,4)5;1-10(2,3)16-8(12)6-7(9(13)14)11(4,5)15;8-9-6-7-4-2-1-3-5-7;1-6-4-2-3-5-7(6)11(8,9)10;1-5(2)3(6)4(8)7(5)9;1-3-4(2)5;2*1-3-2;1-2-3;;;;;;;;/h6-10,14,22H,11-12H2,1-5H3,(H,19,21);6-10,14H,11-12H2,1-5H3;7,15H,6H2,1-5H3;7,15H,6H2,1-5H3,(H,13,14);1-5H,6,8H2;2-5H,1H3;3,9H,6H2,1-2H3;4H,3H2,1-2H3;2*1,3H2,2H3;3H,2H2,1H3;1H4;5*1H;;/q;;;;;;;;2*-1;;;;;;;;+2;+3/p-5/t2*14-;2*7-;;;3-;;;;;;;;;;;;/m1111..1............/s1. The van der Waals surface area contributed by atoms with E-state index in [1.54, 1.807) is 116 Å². The number of aliphatic hydroxyl groups is 3. The Hall–Kier alpha value is -2.90. The number of carboxylic acid groups (broad SMARTS) is 1. The topological polar surface area (TPSA) is 474 Å². The van der Waals surface area contributed by atoms with Gasteiger partial charge in [0.2, 0.25) is 5.91 Å². The number of β-lactam (4-membered cyclic amide) rings is 3. The molecule has 751 valence electrons. The van der Waals surface area contributed by atoms with Crippen LogP contribution in [0.3, 0.4) is 0 Å². The van der Waals surface area contributed by atoms with Crippen molar-refractivity contribution in [3.63, 3.8) is 0 Å². The number of aliphatic carboxylic acids is 1. The van der Waals surface area contributed by atoms with Crippen LogP contribution in [0.5, 0.6) is 0 Å². The number of esters is 4. The van der Waals surface area contributed by atoms with Crippen LogP contribution in [0.4, 0.5) is 0 Å². The number of carbonyl (C=O) groups excluding carboxylic acids is 8. The molecule has 4 heterocycles. The molecule has 3 aliphatic heterocycles. The zero-order chi connectivity index (χ0) is 102. The predicted octanol–water partition coefficient (Wildman–Crippen LogP) is 17.7. The van der Waals surface area contributed by atoms with Gasteiger partial charge < -0.3 is 63.5 Å². The van der Waals surface area contributed by atoms with Gasteiger partial charge in [-0.3, -0.25) is 68.1 Å². The van der Waals surface area contributed by atoms with E-state index < -0.39 is 132 Å². The fourth-order valence-electron chi connectivity index (χ4n) is 9.79. The maximum atomic E-state index is 12.3. The second-order valence-corrected chi connectivity index (χ2v) is 85.6. The number of nitrogens with two attached hydrogens (primary N) is 2. The third-order valence-corrected chi connectivity index (χ3v) is 18.2. The van der Waals surface area contributed by atoms with Crippen molar-refractivity contribution in [1.82, 2.24) is 20.7 Å². The van der Waals surface area contributed by atoms with E-state index in [0.29, 0.717) is 42.5 Å². The first-order valence-electron chi connectivity index (χ1n) is 40.8. The van der Waals surface area contributed by atoms with Crippen molar-refractivity contribution in [2.75, 3.05) is 6.61 Å². The van der Waals surface area contributed by atoms with Crippen molar-refractivity contribution in [3.05, 3.63) is 152 Å². The van der Waals surface area contributed by atoms with Gasteiger partial charge in [0, 0.05) is 29.6 Å². The van der Waals surface area contributed by atoms with Crippen molar-refractivity contribution in [2.24, 2.45) is 35.3 Å². The third-order valence-electron chi connectivity index (χ3n) is 16.4. The molecule has 0 saturated carbocycles. The molecule has 130 heavy (non-hydrogen) atoms. The average Bonchev–Trinajstić information content (AvgIpc) is 0.693. The minimum absolute atomic E-state index is 0. The van der Waals surface area contributed by atoms with Crippen LogP contribution in [0.25, 0.3) is 0 Å². The second kappa shape index (κ2) is 69.8. The quantitative estimate of drug-likeness (QED) is 0.00337. The number of benzene rings is 3. The third kappa shape index (κ3) is 66.6. The number of ether oxygens (including phenoxy) is 4. The second-order valence-electron chi connectivity index (χ2n) is 35.0. The van der Waals surface area contributed by atoms with Crippen LogP contribution in [0.1, 0.15) is 262 Å². The first kappa shape index (κ1) is 140. The molecular weight excluding hydrogens is 2460 g/mol. The fraction of sp³-hybridized carbons (Fsp3) is 0.618. The monoisotopic (exact) mass is 2610 g/mol. The van der Waals surface area contributed by atoms with Crippen LogP contribution in [-0.2, 0) is 121 Å². The summed E-state index contributed by atoms with van der Waals surface area (Å²) in [4.78, 5) is 119. The van der Waals surface area contributed by atoms with Crippen molar-refractivity contribution < 1.29 is 139 Å². The van der Waals surface area contributed by atoms with Gasteiger partial charge in [0.1, 0.15) is 35.1 Å².